The van der Waals surface area contributed by atoms with E-state index in [0.29, 0.717) is 0 Å². The molecule has 0 spiro atoms. The van der Waals surface area contributed by atoms with Crippen molar-refractivity contribution in [1.82, 2.24) is 9.88 Å². The lowest BCUT2D eigenvalue weighted by Crippen LogP contribution is -2.41. The summed E-state index contributed by atoms with van der Waals surface area (Å²) in [5.74, 6) is 0.752. The minimum Gasteiger partial charge on any atom is -0.483 e. The first-order valence-electron chi connectivity index (χ1n) is 10.7. The number of aromatic nitrogens is 1. The molecule has 1 atom stereocenters. The second-order valence-electron chi connectivity index (χ2n) is 7.77. The molecule has 3 aromatic carbocycles. The van der Waals surface area contributed by atoms with E-state index >= 15 is 0 Å². The zero-order valence-corrected chi connectivity index (χ0v) is 18.1. The zero-order chi connectivity index (χ0) is 21.0. The Labute approximate surface area is 186 Å². The van der Waals surface area contributed by atoms with Crippen molar-refractivity contribution in [2.45, 2.75) is 25.3 Å². The molecule has 0 aliphatic carbocycles. The molecule has 1 fully saturated rings. The van der Waals surface area contributed by atoms with Crippen molar-refractivity contribution in [2.24, 2.45) is 0 Å². The number of hydrogen-bond acceptors (Lipinski definition) is 4. The normalized spacial score (nSPS) is 16.4. The maximum absolute atomic E-state index is 13.2. The van der Waals surface area contributed by atoms with Gasteiger partial charge in [0.2, 0.25) is 0 Å². The van der Waals surface area contributed by atoms with Crippen molar-refractivity contribution < 1.29 is 9.53 Å². The smallest absolute Gasteiger partial charge is 0.261 e. The van der Waals surface area contributed by atoms with Crippen LogP contribution in [0.2, 0.25) is 0 Å². The standard InChI is InChI=1S/C26H24N2O2S/c29-25(18-30-23-15-6-4-12-20(23)19-10-2-1-3-11-19)28-17-9-8-14-22(28)26-27-21-13-5-7-16-24(21)31-26/h1-7,10-13,15-16,22H,8-9,14,17-18H2/t22-/m1/s1. The van der Waals surface area contributed by atoms with Crippen LogP contribution in [-0.4, -0.2) is 28.9 Å². The molecular weight excluding hydrogens is 404 g/mol. The monoisotopic (exact) mass is 428 g/mol. The Hall–Kier alpha value is -3.18. The van der Waals surface area contributed by atoms with E-state index in [9.17, 15) is 4.79 Å². The molecule has 0 radical (unpaired) electrons. The summed E-state index contributed by atoms with van der Waals surface area (Å²) in [6, 6.07) is 26.2. The van der Waals surface area contributed by atoms with E-state index < -0.39 is 0 Å². The van der Waals surface area contributed by atoms with Gasteiger partial charge in [0, 0.05) is 12.1 Å². The third kappa shape index (κ3) is 4.19. The Kier molecular flexibility index (Phi) is 5.67. The molecule has 1 aliphatic heterocycles. The lowest BCUT2D eigenvalue weighted by molar-refractivity contribution is -0.137. The number of nitrogens with zero attached hydrogens (tertiary/aromatic N) is 2. The van der Waals surface area contributed by atoms with Crippen LogP contribution in [0.3, 0.4) is 0 Å². The van der Waals surface area contributed by atoms with Gasteiger partial charge in [-0.2, -0.15) is 0 Å². The number of piperidine rings is 1. The summed E-state index contributed by atoms with van der Waals surface area (Å²) < 4.78 is 7.21. The van der Waals surface area contributed by atoms with E-state index in [-0.39, 0.29) is 18.6 Å². The third-order valence-corrected chi connectivity index (χ3v) is 6.88. The van der Waals surface area contributed by atoms with Gasteiger partial charge < -0.3 is 9.64 Å². The molecule has 1 amide bonds. The van der Waals surface area contributed by atoms with Crippen LogP contribution in [-0.2, 0) is 4.79 Å². The number of carbonyl (C=O) groups is 1. The summed E-state index contributed by atoms with van der Waals surface area (Å²) in [4.78, 5) is 20.0. The van der Waals surface area contributed by atoms with Gasteiger partial charge in [0.05, 0.1) is 16.3 Å². The van der Waals surface area contributed by atoms with Gasteiger partial charge in [-0.1, -0.05) is 60.7 Å². The highest BCUT2D eigenvalue weighted by molar-refractivity contribution is 7.18. The Morgan fingerprint density at radius 3 is 2.61 bits per heavy atom. The Balaban J connectivity index is 1.34. The summed E-state index contributed by atoms with van der Waals surface area (Å²) in [6.07, 6.45) is 3.09. The number of amides is 1. The van der Waals surface area contributed by atoms with Crippen LogP contribution in [0.1, 0.15) is 30.3 Å². The fourth-order valence-electron chi connectivity index (χ4n) is 4.19. The molecule has 1 aliphatic rings. The predicted octanol–water partition coefficient (Wildman–Crippen LogP) is 6.10. The van der Waals surface area contributed by atoms with Crippen LogP contribution in [0.4, 0.5) is 0 Å². The highest BCUT2D eigenvalue weighted by Gasteiger charge is 2.30. The van der Waals surface area contributed by atoms with Crippen molar-refractivity contribution in [3.63, 3.8) is 0 Å². The number of hydrogen-bond donors (Lipinski definition) is 0. The van der Waals surface area contributed by atoms with Crippen LogP contribution in [0.15, 0.2) is 78.9 Å². The van der Waals surface area contributed by atoms with Gasteiger partial charge in [-0.05, 0) is 43.0 Å². The molecule has 5 rings (SSSR count). The average Bonchev–Trinajstić information content (AvgIpc) is 3.27. The Morgan fingerprint density at radius 1 is 0.968 bits per heavy atom. The number of para-hydroxylation sites is 2. The van der Waals surface area contributed by atoms with Gasteiger partial charge in [-0.25, -0.2) is 4.98 Å². The van der Waals surface area contributed by atoms with Crippen molar-refractivity contribution in [3.8, 4) is 16.9 Å². The minimum atomic E-state index is 0.0202. The Bertz CT molecular complexity index is 1160. The number of rotatable bonds is 5. The molecule has 0 N–H and O–H groups in total. The van der Waals surface area contributed by atoms with Crippen LogP contribution in [0, 0.1) is 0 Å². The molecule has 2 heterocycles. The third-order valence-electron chi connectivity index (χ3n) is 5.74. The zero-order valence-electron chi connectivity index (χ0n) is 17.2. The molecule has 156 valence electrons. The minimum absolute atomic E-state index is 0.0202. The second kappa shape index (κ2) is 8.90. The highest BCUT2D eigenvalue weighted by Crippen LogP contribution is 2.36. The maximum atomic E-state index is 13.2. The fourth-order valence-corrected chi connectivity index (χ4v) is 5.31. The summed E-state index contributed by atoms with van der Waals surface area (Å²) in [5.41, 5.74) is 3.08. The fraction of sp³-hybridized carbons (Fsp3) is 0.231. The van der Waals surface area contributed by atoms with Crippen LogP contribution < -0.4 is 4.74 Å². The summed E-state index contributed by atoms with van der Waals surface area (Å²) in [5, 5.41) is 1.03. The van der Waals surface area contributed by atoms with E-state index in [1.165, 1.54) is 4.70 Å². The highest BCUT2D eigenvalue weighted by atomic mass is 32.1. The largest absolute Gasteiger partial charge is 0.483 e. The van der Waals surface area contributed by atoms with Crippen molar-refractivity contribution in [3.05, 3.63) is 83.9 Å². The van der Waals surface area contributed by atoms with Crippen LogP contribution in [0.5, 0.6) is 5.75 Å². The van der Waals surface area contributed by atoms with Crippen molar-refractivity contribution >= 4 is 27.5 Å². The quantitative estimate of drug-likeness (QED) is 0.386. The first-order valence-corrected chi connectivity index (χ1v) is 11.5. The van der Waals surface area contributed by atoms with E-state index in [2.05, 4.69) is 18.2 Å². The molecular formula is C26H24N2O2S. The number of likely N-dealkylation sites (tertiary alicyclic amines) is 1. The van der Waals surface area contributed by atoms with E-state index in [0.717, 1.165) is 53.2 Å². The van der Waals surface area contributed by atoms with E-state index in [4.69, 9.17) is 9.72 Å². The number of fused-ring (bicyclic) bond motifs is 1. The molecule has 1 saturated heterocycles. The molecule has 4 nitrogen and oxygen atoms in total. The lowest BCUT2D eigenvalue weighted by atomic mass is 10.0. The molecule has 0 saturated carbocycles. The summed E-state index contributed by atoms with van der Waals surface area (Å²) in [7, 11) is 0. The molecule has 31 heavy (non-hydrogen) atoms. The predicted molar refractivity (Wildman–Crippen MR) is 125 cm³/mol. The van der Waals surface area contributed by atoms with E-state index in [1.54, 1.807) is 11.3 Å². The number of ether oxygens (including phenoxy) is 1. The molecule has 0 unspecified atom stereocenters. The topological polar surface area (TPSA) is 42.4 Å². The maximum Gasteiger partial charge on any atom is 0.261 e. The summed E-state index contributed by atoms with van der Waals surface area (Å²) in [6.45, 7) is 0.786. The summed E-state index contributed by atoms with van der Waals surface area (Å²) >= 11 is 1.69. The van der Waals surface area contributed by atoms with Crippen LogP contribution in [0.25, 0.3) is 21.3 Å². The Morgan fingerprint density at radius 2 is 1.74 bits per heavy atom. The lowest BCUT2D eigenvalue weighted by Gasteiger charge is -2.34. The first kappa shape index (κ1) is 19.8. The first-order chi connectivity index (χ1) is 15.3. The number of carbonyl (C=O) groups excluding carboxylic acids is 1. The van der Waals surface area contributed by atoms with Crippen LogP contribution >= 0.6 is 11.3 Å². The van der Waals surface area contributed by atoms with Gasteiger partial charge in [-0.3, -0.25) is 4.79 Å². The van der Waals surface area contributed by atoms with Gasteiger partial charge in [0.15, 0.2) is 6.61 Å². The van der Waals surface area contributed by atoms with E-state index in [1.807, 2.05) is 65.6 Å². The van der Waals surface area contributed by atoms with Crippen molar-refractivity contribution in [1.29, 1.82) is 0 Å². The van der Waals surface area contributed by atoms with Gasteiger partial charge in [0.1, 0.15) is 10.8 Å². The van der Waals surface area contributed by atoms with Gasteiger partial charge in [0.25, 0.3) is 5.91 Å². The SMILES string of the molecule is O=C(COc1ccccc1-c1ccccc1)N1CCCC[C@@H]1c1nc2ccccc2s1. The van der Waals surface area contributed by atoms with Crippen molar-refractivity contribution in [2.75, 3.05) is 13.2 Å². The number of benzene rings is 3. The second-order valence-corrected chi connectivity index (χ2v) is 8.83. The molecule has 1 aromatic heterocycles. The van der Waals surface area contributed by atoms with Gasteiger partial charge in [-0.15, -0.1) is 11.3 Å². The van der Waals surface area contributed by atoms with Gasteiger partial charge >= 0.3 is 0 Å². The molecule has 0 bridgehead atoms. The number of thiazole rings is 1. The average molecular weight is 429 g/mol. The molecule has 5 heteroatoms. The molecule has 4 aromatic rings.